The van der Waals surface area contributed by atoms with Gasteiger partial charge in [-0.1, -0.05) is 39.0 Å². The molecular weight excluding hydrogens is 290 g/mol. The number of anilines is 1. The summed E-state index contributed by atoms with van der Waals surface area (Å²) in [7, 11) is 1.59. The quantitative estimate of drug-likeness (QED) is 0.907. The van der Waals surface area contributed by atoms with Crippen LogP contribution in [0.4, 0.5) is 5.69 Å². The largest absolute Gasteiger partial charge is 0.497 e. The Bertz CT molecular complexity index is 657. The molecule has 2 aromatic carbocycles. The molecule has 0 heterocycles. The Labute approximate surface area is 137 Å². The van der Waals surface area contributed by atoms with Crippen molar-refractivity contribution in [2.45, 2.75) is 26.2 Å². The van der Waals surface area contributed by atoms with Gasteiger partial charge in [-0.25, -0.2) is 0 Å². The highest BCUT2D eigenvalue weighted by Gasteiger charge is 2.13. The number of methoxy groups -OCH3 is 1. The molecule has 0 spiro atoms. The third-order valence-electron chi connectivity index (χ3n) is 3.45. The first kappa shape index (κ1) is 16.9. The highest BCUT2D eigenvalue weighted by Crippen LogP contribution is 2.23. The number of hydrogen-bond acceptors (Lipinski definition) is 3. The smallest absolute Gasteiger partial charge is 0.262 e. The van der Waals surface area contributed by atoms with Gasteiger partial charge in [0.15, 0.2) is 6.61 Å². The average Bonchev–Trinajstić information content (AvgIpc) is 2.53. The van der Waals surface area contributed by atoms with E-state index < -0.39 is 0 Å². The maximum absolute atomic E-state index is 12.0. The minimum absolute atomic E-state index is 0.0474. The van der Waals surface area contributed by atoms with Crippen LogP contribution in [0.2, 0.25) is 0 Å². The highest BCUT2D eigenvalue weighted by atomic mass is 16.5. The van der Waals surface area contributed by atoms with Crippen LogP contribution < -0.4 is 14.8 Å². The maximum Gasteiger partial charge on any atom is 0.262 e. The lowest BCUT2D eigenvalue weighted by molar-refractivity contribution is -0.118. The molecule has 0 unspecified atom stereocenters. The second-order valence-electron chi connectivity index (χ2n) is 6.34. The van der Waals surface area contributed by atoms with Crippen LogP contribution in [0.15, 0.2) is 48.5 Å². The molecule has 0 fully saturated rings. The molecule has 1 amide bonds. The summed E-state index contributed by atoms with van der Waals surface area (Å²) < 4.78 is 10.6. The Balaban J connectivity index is 1.89. The minimum Gasteiger partial charge on any atom is -0.497 e. The Kier molecular flexibility index (Phi) is 5.27. The number of carbonyl (C=O) groups is 1. The minimum atomic E-state index is -0.198. The predicted octanol–water partition coefficient (Wildman–Crippen LogP) is 4.01. The average molecular weight is 313 g/mol. The van der Waals surface area contributed by atoms with Crippen LogP contribution in [0.1, 0.15) is 26.3 Å². The third kappa shape index (κ3) is 5.02. The first-order valence-electron chi connectivity index (χ1n) is 7.56. The van der Waals surface area contributed by atoms with Crippen molar-refractivity contribution in [2.75, 3.05) is 19.0 Å². The van der Waals surface area contributed by atoms with Gasteiger partial charge in [-0.15, -0.1) is 0 Å². The van der Waals surface area contributed by atoms with Crippen molar-refractivity contribution in [1.82, 2.24) is 0 Å². The summed E-state index contributed by atoms with van der Waals surface area (Å²) >= 11 is 0. The van der Waals surface area contributed by atoms with Crippen molar-refractivity contribution >= 4 is 11.6 Å². The number of rotatable bonds is 5. The molecule has 23 heavy (non-hydrogen) atoms. The van der Waals surface area contributed by atoms with Crippen molar-refractivity contribution in [3.05, 3.63) is 54.1 Å². The van der Waals surface area contributed by atoms with Gasteiger partial charge in [0.25, 0.3) is 5.91 Å². The van der Waals surface area contributed by atoms with E-state index in [0.29, 0.717) is 11.5 Å². The SMILES string of the molecule is COc1cccc(OCC(=O)Nc2ccc(C(C)(C)C)cc2)c1. The van der Waals surface area contributed by atoms with E-state index >= 15 is 0 Å². The van der Waals surface area contributed by atoms with E-state index in [1.165, 1.54) is 5.56 Å². The van der Waals surface area contributed by atoms with Crippen LogP contribution in [0.25, 0.3) is 0 Å². The van der Waals surface area contributed by atoms with Crippen molar-refractivity contribution in [2.24, 2.45) is 0 Å². The van der Waals surface area contributed by atoms with Crippen molar-refractivity contribution in [3.63, 3.8) is 0 Å². The monoisotopic (exact) mass is 313 g/mol. The van der Waals surface area contributed by atoms with E-state index in [0.717, 1.165) is 5.69 Å². The summed E-state index contributed by atoms with van der Waals surface area (Å²) in [6.45, 7) is 6.42. The van der Waals surface area contributed by atoms with Crippen LogP contribution >= 0.6 is 0 Å². The zero-order valence-electron chi connectivity index (χ0n) is 14.1. The van der Waals surface area contributed by atoms with E-state index in [1.54, 1.807) is 19.2 Å². The molecule has 2 aromatic rings. The Morgan fingerprint density at radius 2 is 1.70 bits per heavy atom. The first-order valence-corrected chi connectivity index (χ1v) is 7.56. The van der Waals surface area contributed by atoms with Crippen LogP contribution in [0, 0.1) is 0 Å². The van der Waals surface area contributed by atoms with Gasteiger partial charge in [-0.2, -0.15) is 0 Å². The zero-order valence-corrected chi connectivity index (χ0v) is 14.1. The number of carbonyl (C=O) groups excluding carboxylic acids is 1. The van der Waals surface area contributed by atoms with Crippen molar-refractivity contribution in [1.29, 1.82) is 0 Å². The van der Waals surface area contributed by atoms with Crippen molar-refractivity contribution < 1.29 is 14.3 Å². The van der Waals surface area contributed by atoms with Gasteiger partial charge in [0.2, 0.25) is 0 Å². The summed E-state index contributed by atoms with van der Waals surface area (Å²) in [6, 6.07) is 15.0. The lowest BCUT2D eigenvalue weighted by Gasteiger charge is -2.19. The van der Waals surface area contributed by atoms with Gasteiger partial charge in [0, 0.05) is 11.8 Å². The molecule has 0 bridgehead atoms. The normalized spacial score (nSPS) is 11.0. The summed E-state index contributed by atoms with van der Waals surface area (Å²) in [4.78, 5) is 12.0. The van der Waals surface area contributed by atoms with Gasteiger partial charge in [-0.05, 0) is 35.2 Å². The van der Waals surface area contributed by atoms with E-state index in [4.69, 9.17) is 9.47 Å². The molecule has 0 aromatic heterocycles. The lowest BCUT2D eigenvalue weighted by Crippen LogP contribution is -2.20. The van der Waals surface area contributed by atoms with E-state index in [1.807, 2.05) is 36.4 Å². The van der Waals surface area contributed by atoms with E-state index in [2.05, 4.69) is 26.1 Å². The van der Waals surface area contributed by atoms with Crippen molar-refractivity contribution in [3.8, 4) is 11.5 Å². The second-order valence-corrected chi connectivity index (χ2v) is 6.34. The van der Waals surface area contributed by atoms with Crippen LogP contribution in [-0.2, 0) is 10.2 Å². The van der Waals surface area contributed by atoms with Gasteiger partial charge in [0.1, 0.15) is 11.5 Å². The molecule has 0 aliphatic carbocycles. The molecule has 0 atom stereocenters. The highest BCUT2D eigenvalue weighted by molar-refractivity contribution is 5.91. The van der Waals surface area contributed by atoms with Crippen LogP contribution in [-0.4, -0.2) is 19.6 Å². The first-order chi connectivity index (χ1) is 10.9. The van der Waals surface area contributed by atoms with E-state index in [9.17, 15) is 4.79 Å². The Morgan fingerprint density at radius 3 is 2.30 bits per heavy atom. The molecule has 0 saturated carbocycles. The van der Waals surface area contributed by atoms with Crippen LogP contribution in [0.3, 0.4) is 0 Å². The summed E-state index contributed by atoms with van der Waals surface area (Å²) in [6.07, 6.45) is 0. The molecule has 0 aliphatic rings. The number of ether oxygens (including phenoxy) is 2. The van der Waals surface area contributed by atoms with E-state index in [-0.39, 0.29) is 17.9 Å². The number of hydrogen-bond donors (Lipinski definition) is 1. The number of benzene rings is 2. The van der Waals surface area contributed by atoms with Gasteiger partial charge in [-0.3, -0.25) is 4.79 Å². The lowest BCUT2D eigenvalue weighted by atomic mass is 9.87. The standard InChI is InChI=1S/C19H23NO3/c1-19(2,3)14-8-10-15(11-9-14)20-18(21)13-23-17-7-5-6-16(12-17)22-4/h5-12H,13H2,1-4H3,(H,20,21). The molecule has 2 rings (SSSR count). The fourth-order valence-corrected chi connectivity index (χ4v) is 2.09. The third-order valence-corrected chi connectivity index (χ3v) is 3.45. The van der Waals surface area contributed by atoms with Gasteiger partial charge >= 0.3 is 0 Å². The second kappa shape index (κ2) is 7.18. The van der Waals surface area contributed by atoms with Gasteiger partial charge in [0.05, 0.1) is 7.11 Å². The summed E-state index contributed by atoms with van der Waals surface area (Å²) in [5.74, 6) is 1.10. The summed E-state index contributed by atoms with van der Waals surface area (Å²) in [5, 5.41) is 2.82. The molecular formula is C19H23NO3. The fraction of sp³-hybridized carbons (Fsp3) is 0.316. The Morgan fingerprint density at radius 1 is 1.04 bits per heavy atom. The number of amides is 1. The van der Waals surface area contributed by atoms with Crippen LogP contribution in [0.5, 0.6) is 11.5 Å². The molecule has 4 nitrogen and oxygen atoms in total. The fourth-order valence-electron chi connectivity index (χ4n) is 2.09. The molecule has 0 aliphatic heterocycles. The molecule has 0 saturated heterocycles. The predicted molar refractivity (Wildman–Crippen MR) is 92.3 cm³/mol. The molecule has 0 radical (unpaired) electrons. The Hall–Kier alpha value is -2.49. The number of nitrogens with one attached hydrogen (secondary N) is 1. The molecule has 122 valence electrons. The topological polar surface area (TPSA) is 47.6 Å². The molecule has 4 heteroatoms. The van der Waals surface area contributed by atoms with Gasteiger partial charge < -0.3 is 14.8 Å². The maximum atomic E-state index is 12.0. The molecule has 1 N–H and O–H groups in total. The zero-order chi connectivity index (χ0) is 16.9. The summed E-state index contributed by atoms with van der Waals surface area (Å²) in [5.41, 5.74) is 2.08.